The van der Waals surface area contributed by atoms with E-state index in [4.69, 9.17) is 9.73 Å². The Kier molecular flexibility index (Phi) is 4.94. The molecule has 146 valence electrons. The van der Waals surface area contributed by atoms with Crippen molar-refractivity contribution in [2.75, 3.05) is 39.6 Å². The Morgan fingerprint density at radius 2 is 2.11 bits per heavy atom. The van der Waals surface area contributed by atoms with E-state index in [2.05, 4.69) is 61.4 Å². The zero-order valence-corrected chi connectivity index (χ0v) is 17.3. The van der Waals surface area contributed by atoms with Gasteiger partial charge in [-0.15, -0.1) is 0 Å². The van der Waals surface area contributed by atoms with Crippen molar-refractivity contribution >= 4 is 11.3 Å². The Balaban J connectivity index is 1.80. The highest BCUT2D eigenvalue weighted by molar-refractivity contribution is 5.90. The van der Waals surface area contributed by atoms with Crippen LogP contribution in [0.1, 0.15) is 23.6 Å². The van der Waals surface area contributed by atoms with Gasteiger partial charge >= 0.3 is 0 Å². The van der Waals surface area contributed by atoms with Gasteiger partial charge in [-0.2, -0.15) is 0 Å². The smallest absolute Gasteiger partial charge is 0.215 e. The second-order valence-corrected chi connectivity index (χ2v) is 8.06. The molecule has 0 amide bonds. The minimum atomic E-state index is 0.557. The molecule has 1 aliphatic heterocycles. The molecule has 1 aliphatic carbocycles. The minimum Gasteiger partial charge on any atom is -0.481 e. The standard InChI is InChI=1S/C23H28N4O/c1-14(13-27(3)4)11-24-18-8-6-15(2)16-7-9-19-23(22(16)18)17-12-25-21(28-5)10-20(17)26-19/h6,8-10,12,14,24H,7,11,13H2,1-5H3. The third-order valence-electron chi connectivity index (χ3n) is 5.45. The van der Waals surface area contributed by atoms with E-state index in [0.717, 1.165) is 35.8 Å². The summed E-state index contributed by atoms with van der Waals surface area (Å²) < 4.78 is 5.29. The van der Waals surface area contributed by atoms with Crippen LogP contribution in [0.25, 0.3) is 5.57 Å². The number of fused-ring (bicyclic) bond motifs is 4. The molecular weight excluding hydrogens is 348 g/mol. The monoisotopic (exact) mass is 376 g/mol. The van der Waals surface area contributed by atoms with Gasteiger partial charge < -0.3 is 15.0 Å². The number of allylic oxidation sites excluding steroid dienone is 2. The first-order chi connectivity index (χ1) is 13.5. The lowest BCUT2D eigenvalue weighted by atomic mass is 9.86. The van der Waals surface area contributed by atoms with Crippen molar-refractivity contribution in [3.05, 3.63) is 63.4 Å². The average Bonchev–Trinajstić information content (AvgIpc) is 3.04. The first-order valence-corrected chi connectivity index (χ1v) is 9.83. The van der Waals surface area contributed by atoms with Crippen LogP contribution < -0.4 is 20.6 Å². The summed E-state index contributed by atoms with van der Waals surface area (Å²) in [5.41, 5.74) is 7.41. The number of hydrogen-bond acceptors (Lipinski definition) is 5. The SMILES string of the molecule is COc1cc2c(cn1)=C1C(=CCc3c(C)ccc(NCC(C)CN(C)C)c31)N=2. The molecule has 2 aromatic rings. The van der Waals surface area contributed by atoms with Crippen molar-refractivity contribution < 1.29 is 4.74 Å². The summed E-state index contributed by atoms with van der Waals surface area (Å²) in [5, 5.41) is 5.74. The lowest BCUT2D eigenvalue weighted by Crippen LogP contribution is -2.26. The van der Waals surface area contributed by atoms with Gasteiger partial charge in [0.2, 0.25) is 5.88 Å². The molecule has 2 aliphatic rings. The van der Waals surface area contributed by atoms with Crippen LogP contribution in [0, 0.1) is 12.8 Å². The van der Waals surface area contributed by atoms with Gasteiger partial charge in [-0.05, 0) is 50.6 Å². The van der Waals surface area contributed by atoms with Crippen LogP contribution in [-0.2, 0) is 6.42 Å². The average molecular weight is 377 g/mol. The van der Waals surface area contributed by atoms with Gasteiger partial charge in [-0.1, -0.05) is 19.1 Å². The highest BCUT2D eigenvalue weighted by atomic mass is 16.5. The minimum absolute atomic E-state index is 0.557. The molecule has 28 heavy (non-hydrogen) atoms. The molecule has 1 aromatic carbocycles. The number of benzene rings is 1. The number of pyridine rings is 1. The zero-order chi connectivity index (χ0) is 19.8. The fraction of sp³-hybridized carbons (Fsp3) is 0.391. The molecule has 5 nitrogen and oxygen atoms in total. The maximum absolute atomic E-state index is 5.29. The van der Waals surface area contributed by atoms with Crippen molar-refractivity contribution in [3.8, 4) is 5.88 Å². The highest BCUT2D eigenvalue weighted by Gasteiger charge is 2.26. The van der Waals surface area contributed by atoms with Gasteiger partial charge in [0.15, 0.2) is 0 Å². The maximum atomic E-state index is 5.29. The predicted molar refractivity (Wildman–Crippen MR) is 113 cm³/mol. The Hall–Kier alpha value is -2.66. The number of methoxy groups -OCH3 is 1. The summed E-state index contributed by atoms with van der Waals surface area (Å²) in [7, 11) is 5.88. The maximum Gasteiger partial charge on any atom is 0.215 e. The van der Waals surface area contributed by atoms with Crippen molar-refractivity contribution in [1.29, 1.82) is 0 Å². The van der Waals surface area contributed by atoms with Gasteiger partial charge in [0, 0.05) is 47.4 Å². The van der Waals surface area contributed by atoms with Crippen LogP contribution in [0.15, 0.2) is 41.2 Å². The van der Waals surface area contributed by atoms with Crippen molar-refractivity contribution in [2.45, 2.75) is 20.3 Å². The largest absolute Gasteiger partial charge is 0.481 e. The summed E-state index contributed by atoms with van der Waals surface area (Å²) in [6.07, 6.45) is 5.03. The molecule has 0 saturated heterocycles. The lowest BCUT2D eigenvalue weighted by molar-refractivity contribution is 0.347. The second kappa shape index (κ2) is 7.40. The summed E-state index contributed by atoms with van der Waals surface area (Å²) in [6.45, 7) is 6.47. The van der Waals surface area contributed by atoms with Crippen LogP contribution in [0.5, 0.6) is 5.88 Å². The number of hydrogen-bond donors (Lipinski definition) is 1. The van der Waals surface area contributed by atoms with E-state index in [-0.39, 0.29) is 0 Å². The molecule has 0 radical (unpaired) electrons. The summed E-state index contributed by atoms with van der Waals surface area (Å²) >= 11 is 0. The first-order valence-electron chi connectivity index (χ1n) is 9.83. The van der Waals surface area contributed by atoms with Crippen LogP contribution in [0.3, 0.4) is 0 Å². The number of nitrogens with one attached hydrogen (secondary N) is 1. The lowest BCUT2D eigenvalue weighted by Gasteiger charge is -2.24. The molecule has 5 heteroatoms. The molecule has 0 bridgehead atoms. The van der Waals surface area contributed by atoms with E-state index in [1.54, 1.807) is 7.11 Å². The third-order valence-corrected chi connectivity index (χ3v) is 5.45. The summed E-state index contributed by atoms with van der Waals surface area (Å²) in [4.78, 5) is 11.5. The quantitative estimate of drug-likeness (QED) is 0.840. The number of rotatable bonds is 6. The molecule has 0 spiro atoms. The van der Waals surface area contributed by atoms with Gasteiger partial charge in [0.25, 0.3) is 0 Å². The Labute approximate surface area is 166 Å². The topological polar surface area (TPSA) is 49.8 Å². The molecule has 1 aromatic heterocycles. The molecule has 2 heterocycles. The summed E-state index contributed by atoms with van der Waals surface area (Å²) in [6, 6.07) is 6.35. The van der Waals surface area contributed by atoms with E-state index in [9.17, 15) is 0 Å². The van der Waals surface area contributed by atoms with Crippen LogP contribution in [-0.4, -0.2) is 44.2 Å². The second-order valence-electron chi connectivity index (χ2n) is 8.06. The Morgan fingerprint density at radius 3 is 2.86 bits per heavy atom. The number of anilines is 1. The first kappa shape index (κ1) is 18.7. The van der Waals surface area contributed by atoms with E-state index in [0.29, 0.717) is 11.8 Å². The van der Waals surface area contributed by atoms with Crippen LogP contribution in [0.4, 0.5) is 5.69 Å². The van der Waals surface area contributed by atoms with E-state index < -0.39 is 0 Å². The highest BCUT2D eigenvalue weighted by Crippen LogP contribution is 2.38. The van der Waals surface area contributed by atoms with Gasteiger partial charge in [-0.3, -0.25) is 0 Å². The van der Waals surface area contributed by atoms with Crippen molar-refractivity contribution in [2.24, 2.45) is 10.9 Å². The van der Waals surface area contributed by atoms with Gasteiger partial charge in [0.1, 0.15) is 0 Å². The molecule has 1 unspecified atom stereocenters. The van der Waals surface area contributed by atoms with Gasteiger partial charge in [-0.25, -0.2) is 9.98 Å². The molecular formula is C23H28N4O. The zero-order valence-electron chi connectivity index (χ0n) is 17.3. The van der Waals surface area contributed by atoms with Crippen LogP contribution >= 0.6 is 0 Å². The Bertz CT molecular complexity index is 1070. The summed E-state index contributed by atoms with van der Waals surface area (Å²) in [5.74, 6) is 1.16. The number of ether oxygens (including phenoxy) is 1. The predicted octanol–water partition coefficient (Wildman–Crippen LogP) is 2.28. The Morgan fingerprint density at radius 1 is 1.29 bits per heavy atom. The number of aryl methyl sites for hydroxylation is 1. The van der Waals surface area contributed by atoms with Gasteiger partial charge in [0.05, 0.1) is 18.2 Å². The fourth-order valence-electron chi connectivity index (χ4n) is 4.18. The third kappa shape index (κ3) is 3.31. The fourth-order valence-corrected chi connectivity index (χ4v) is 4.18. The van der Waals surface area contributed by atoms with E-state index in [1.807, 2.05) is 12.3 Å². The van der Waals surface area contributed by atoms with Crippen molar-refractivity contribution in [3.63, 3.8) is 0 Å². The number of nitrogens with zero attached hydrogens (tertiary/aromatic N) is 3. The number of aromatic nitrogens is 1. The molecule has 0 saturated carbocycles. The molecule has 4 rings (SSSR count). The van der Waals surface area contributed by atoms with Crippen molar-refractivity contribution in [1.82, 2.24) is 9.88 Å². The van der Waals surface area contributed by atoms with E-state index in [1.165, 1.54) is 28.0 Å². The normalized spacial score (nSPS) is 15.4. The molecule has 1 N–H and O–H groups in total. The van der Waals surface area contributed by atoms with E-state index >= 15 is 0 Å². The molecule has 0 fully saturated rings. The molecule has 1 atom stereocenters. The van der Waals surface area contributed by atoms with Crippen LogP contribution in [0.2, 0.25) is 0 Å².